The van der Waals surface area contributed by atoms with Crippen molar-refractivity contribution < 1.29 is 23.4 Å². The highest BCUT2D eigenvalue weighted by Gasteiger charge is 2.27. The maximum absolute atomic E-state index is 13.1. The normalized spacial score (nSPS) is 11.3. The molecule has 0 spiro atoms. The Hall–Kier alpha value is -3.32. The van der Waals surface area contributed by atoms with Gasteiger partial charge in [0.1, 0.15) is 11.5 Å². The number of carbonyl (C=O) groups is 1. The Bertz CT molecular complexity index is 1220. The van der Waals surface area contributed by atoms with Crippen molar-refractivity contribution in [3.63, 3.8) is 0 Å². The summed E-state index contributed by atoms with van der Waals surface area (Å²) >= 11 is 0. The number of aromatic hydroxyl groups is 2. The Labute approximate surface area is 188 Å². The Morgan fingerprint density at radius 3 is 2.34 bits per heavy atom. The molecule has 1 amide bonds. The number of unbranched alkanes of at least 4 members (excludes halogenated alkanes) is 2. The highest BCUT2D eigenvalue weighted by molar-refractivity contribution is 7.90. The van der Waals surface area contributed by atoms with Crippen molar-refractivity contribution in [2.45, 2.75) is 44.4 Å². The van der Waals surface area contributed by atoms with Gasteiger partial charge in [0.05, 0.1) is 16.0 Å². The van der Waals surface area contributed by atoms with Gasteiger partial charge in [0.25, 0.3) is 15.9 Å². The number of hydrogen-bond donors (Lipinski definition) is 3. The molecule has 0 aromatic heterocycles. The van der Waals surface area contributed by atoms with Crippen LogP contribution >= 0.6 is 0 Å². The molecule has 0 radical (unpaired) electrons. The highest BCUT2D eigenvalue weighted by atomic mass is 32.2. The fourth-order valence-corrected chi connectivity index (χ4v) is 4.62. The molecule has 168 valence electrons. The van der Waals surface area contributed by atoms with Crippen LogP contribution < -0.4 is 4.72 Å². The Morgan fingerprint density at radius 1 is 0.969 bits per heavy atom. The van der Waals surface area contributed by atoms with Crippen LogP contribution in [-0.4, -0.2) is 24.5 Å². The first kappa shape index (κ1) is 23.3. The lowest BCUT2D eigenvalue weighted by Gasteiger charge is -2.17. The zero-order chi connectivity index (χ0) is 23.3. The summed E-state index contributed by atoms with van der Waals surface area (Å²) in [6, 6.07) is 16.1. The molecule has 3 N–H and O–H groups in total. The molecule has 7 heteroatoms. The van der Waals surface area contributed by atoms with Gasteiger partial charge >= 0.3 is 0 Å². The molecule has 3 aromatic rings. The molecule has 0 saturated carbocycles. The van der Waals surface area contributed by atoms with E-state index in [0.29, 0.717) is 17.5 Å². The van der Waals surface area contributed by atoms with E-state index in [1.54, 1.807) is 36.4 Å². The van der Waals surface area contributed by atoms with Crippen LogP contribution in [0.3, 0.4) is 0 Å². The van der Waals surface area contributed by atoms with E-state index in [1.807, 2.05) is 19.9 Å². The van der Waals surface area contributed by atoms with Crippen LogP contribution in [0.4, 0.5) is 0 Å². The number of sulfonamides is 1. The SMILES string of the molecule is CCCCCc1cc(O)c(-c2cccc(C)c2)c(O)c1C(=O)NS(=O)(=O)c1ccccc1. The van der Waals surface area contributed by atoms with Gasteiger partial charge in [-0.1, -0.05) is 67.8 Å². The predicted octanol–water partition coefficient (Wildman–Crippen LogP) is 4.92. The van der Waals surface area contributed by atoms with Gasteiger partial charge in [-0.15, -0.1) is 0 Å². The lowest BCUT2D eigenvalue weighted by molar-refractivity contribution is 0.0978. The number of phenolic OH excluding ortho intramolecular Hbond substituents is 2. The van der Waals surface area contributed by atoms with E-state index >= 15 is 0 Å². The topological polar surface area (TPSA) is 104 Å². The smallest absolute Gasteiger partial charge is 0.269 e. The summed E-state index contributed by atoms with van der Waals surface area (Å²) in [5.41, 5.74) is 1.78. The van der Waals surface area contributed by atoms with Gasteiger partial charge in [0.2, 0.25) is 0 Å². The van der Waals surface area contributed by atoms with Crippen molar-refractivity contribution in [1.29, 1.82) is 0 Å². The number of carbonyl (C=O) groups excluding carboxylic acids is 1. The number of amides is 1. The molecule has 0 bridgehead atoms. The predicted molar refractivity (Wildman–Crippen MR) is 124 cm³/mol. The molecular weight excluding hydrogens is 426 g/mol. The van der Waals surface area contributed by atoms with Crippen LogP contribution in [0.1, 0.15) is 47.7 Å². The zero-order valence-corrected chi connectivity index (χ0v) is 18.9. The quantitative estimate of drug-likeness (QED) is 0.420. The standard InChI is InChI=1S/C25H27NO5S/c1-3-4-6-11-19-16-21(27)22(18-12-9-10-17(2)15-18)24(28)23(19)25(29)26-32(30,31)20-13-7-5-8-14-20/h5,7-10,12-16,27-28H,3-4,6,11H2,1-2H3,(H,26,29). The van der Waals surface area contributed by atoms with Crippen LogP contribution in [-0.2, 0) is 16.4 Å². The van der Waals surface area contributed by atoms with E-state index in [4.69, 9.17) is 0 Å². The van der Waals surface area contributed by atoms with E-state index in [2.05, 4.69) is 4.72 Å². The van der Waals surface area contributed by atoms with Crippen molar-refractivity contribution in [2.75, 3.05) is 0 Å². The monoisotopic (exact) mass is 453 g/mol. The van der Waals surface area contributed by atoms with Crippen molar-refractivity contribution in [2.24, 2.45) is 0 Å². The summed E-state index contributed by atoms with van der Waals surface area (Å²) in [7, 11) is -4.13. The fourth-order valence-electron chi connectivity index (χ4n) is 3.64. The average molecular weight is 454 g/mol. The third kappa shape index (κ3) is 5.11. The van der Waals surface area contributed by atoms with E-state index in [9.17, 15) is 23.4 Å². The molecule has 0 unspecified atom stereocenters. The number of phenols is 2. The van der Waals surface area contributed by atoms with Gasteiger partial charge in [0.15, 0.2) is 0 Å². The lowest BCUT2D eigenvalue weighted by Crippen LogP contribution is -2.31. The van der Waals surface area contributed by atoms with Crippen molar-refractivity contribution >= 4 is 15.9 Å². The zero-order valence-electron chi connectivity index (χ0n) is 18.1. The summed E-state index contributed by atoms with van der Waals surface area (Å²) in [5, 5.41) is 21.8. The molecule has 3 rings (SSSR count). The molecule has 6 nitrogen and oxygen atoms in total. The van der Waals surface area contributed by atoms with Gasteiger partial charge in [-0.05, 0) is 49.1 Å². The van der Waals surface area contributed by atoms with E-state index < -0.39 is 21.7 Å². The van der Waals surface area contributed by atoms with E-state index in [0.717, 1.165) is 24.8 Å². The first-order valence-electron chi connectivity index (χ1n) is 10.5. The minimum atomic E-state index is -4.13. The summed E-state index contributed by atoms with van der Waals surface area (Å²) in [4.78, 5) is 13.1. The van der Waals surface area contributed by atoms with Gasteiger partial charge in [-0.3, -0.25) is 4.79 Å². The van der Waals surface area contributed by atoms with Gasteiger partial charge in [0, 0.05) is 0 Å². The summed E-state index contributed by atoms with van der Waals surface area (Å²) in [6.07, 6.45) is 2.98. The summed E-state index contributed by atoms with van der Waals surface area (Å²) in [6.45, 7) is 3.91. The van der Waals surface area contributed by atoms with Crippen LogP contribution in [0.5, 0.6) is 11.5 Å². The molecular formula is C25H27NO5S. The van der Waals surface area contributed by atoms with Crippen LogP contribution in [0.15, 0.2) is 65.6 Å². The second kappa shape index (κ2) is 9.87. The average Bonchev–Trinajstić information content (AvgIpc) is 2.74. The second-order valence-electron chi connectivity index (χ2n) is 7.73. The van der Waals surface area contributed by atoms with Crippen molar-refractivity contribution in [3.05, 3.63) is 77.4 Å². The van der Waals surface area contributed by atoms with Crippen molar-refractivity contribution in [3.8, 4) is 22.6 Å². The molecule has 0 saturated heterocycles. The van der Waals surface area contributed by atoms with E-state index in [1.165, 1.54) is 18.2 Å². The maximum atomic E-state index is 13.1. The molecule has 3 aromatic carbocycles. The van der Waals surface area contributed by atoms with Crippen molar-refractivity contribution in [1.82, 2.24) is 4.72 Å². The third-order valence-electron chi connectivity index (χ3n) is 5.23. The van der Waals surface area contributed by atoms with Crippen LogP contribution in [0.2, 0.25) is 0 Å². The van der Waals surface area contributed by atoms with E-state index in [-0.39, 0.29) is 21.8 Å². The molecule has 0 aliphatic carbocycles. The maximum Gasteiger partial charge on any atom is 0.269 e. The Balaban J connectivity index is 2.10. The lowest BCUT2D eigenvalue weighted by atomic mass is 9.92. The van der Waals surface area contributed by atoms with Gasteiger partial charge in [-0.2, -0.15) is 0 Å². The van der Waals surface area contributed by atoms with Gasteiger partial charge < -0.3 is 10.2 Å². The first-order valence-corrected chi connectivity index (χ1v) is 12.0. The van der Waals surface area contributed by atoms with Crippen LogP contribution in [0.25, 0.3) is 11.1 Å². The Kier molecular flexibility index (Phi) is 7.20. The number of benzene rings is 3. The molecule has 0 fully saturated rings. The first-order chi connectivity index (χ1) is 15.2. The number of aryl methyl sites for hydroxylation is 2. The largest absolute Gasteiger partial charge is 0.507 e. The van der Waals surface area contributed by atoms with Crippen LogP contribution in [0, 0.1) is 6.92 Å². The minimum absolute atomic E-state index is 0.0574. The summed E-state index contributed by atoms with van der Waals surface area (Å²) < 4.78 is 27.5. The highest BCUT2D eigenvalue weighted by Crippen LogP contribution is 2.42. The molecule has 0 atom stereocenters. The molecule has 0 heterocycles. The molecule has 0 aliphatic heterocycles. The molecule has 32 heavy (non-hydrogen) atoms. The Morgan fingerprint density at radius 2 is 1.69 bits per heavy atom. The summed E-state index contributed by atoms with van der Waals surface area (Å²) in [5.74, 6) is -1.54. The van der Waals surface area contributed by atoms with Gasteiger partial charge in [-0.25, -0.2) is 13.1 Å². The second-order valence-corrected chi connectivity index (χ2v) is 9.41. The fraction of sp³-hybridized carbons (Fsp3) is 0.240. The number of nitrogens with one attached hydrogen (secondary N) is 1. The number of rotatable bonds is 8. The molecule has 0 aliphatic rings. The minimum Gasteiger partial charge on any atom is -0.507 e. The third-order valence-corrected chi connectivity index (χ3v) is 6.57. The number of hydrogen-bond acceptors (Lipinski definition) is 5.